The summed E-state index contributed by atoms with van der Waals surface area (Å²) in [4.78, 5) is 37.7. The van der Waals surface area contributed by atoms with Gasteiger partial charge in [-0.1, -0.05) is 29.8 Å². The predicted molar refractivity (Wildman–Crippen MR) is 96.3 cm³/mol. The highest BCUT2D eigenvalue weighted by Gasteiger charge is 2.37. The molecule has 2 aromatic rings. The number of imide groups is 2. The van der Waals surface area contributed by atoms with Crippen molar-refractivity contribution in [2.45, 2.75) is 0 Å². The van der Waals surface area contributed by atoms with Crippen LogP contribution in [0.1, 0.15) is 5.56 Å². The summed E-state index contributed by atoms with van der Waals surface area (Å²) in [6.45, 7) is 0. The van der Waals surface area contributed by atoms with Crippen molar-refractivity contribution in [1.82, 2.24) is 5.32 Å². The molecule has 1 heterocycles. The Hall–Kier alpha value is -2.64. The molecule has 2 N–H and O–H groups in total. The summed E-state index contributed by atoms with van der Waals surface area (Å²) in [5, 5.41) is 11.9. The van der Waals surface area contributed by atoms with Gasteiger partial charge in [0.05, 0.1) is 15.2 Å². The number of halogens is 2. The van der Waals surface area contributed by atoms with Crippen LogP contribution in [0.5, 0.6) is 5.75 Å². The molecule has 0 bridgehead atoms. The molecule has 1 aliphatic heterocycles. The molecule has 1 fully saturated rings. The van der Waals surface area contributed by atoms with Gasteiger partial charge in [0, 0.05) is 0 Å². The Balaban J connectivity index is 2.05. The van der Waals surface area contributed by atoms with Crippen LogP contribution in [0.2, 0.25) is 5.02 Å². The van der Waals surface area contributed by atoms with E-state index in [-0.39, 0.29) is 22.0 Å². The van der Waals surface area contributed by atoms with Gasteiger partial charge in [0.1, 0.15) is 11.3 Å². The Morgan fingerprint density at radius 2 is 1.84 bits per heavy atom. The molecule has 25 heavy (non-hydrogen) atoms. The van der Waals surface area contributed by atoms with Crippen LogP contribution in [-0.2, 0) is 9.59 Å². The van der Waals surface area contributed by atoms with E-state index in [2.05, 4.69) is 21.2 Å². The quantitative estimate of drug-likeness (QED) is 0.574. The molecule has 0 aromatic heterocycles. The number of urea groups is 1. The van der Waals surface area contributed by atoms with E-state index in [1.54, 1.807) is 18.2 Å². The third-order valence-corrected chi connectivity index (χ3v) is 4.43. The average Bonchev–Trinajstić information content (AvgIpc) is 2.56. The van der Waals surface area contributed by atoms with Gasteiger partial charge in [-0.05, 0) is 51.8 Å². The molecule has 1 aliphatic rings. The third kappa shape index (κ3) is 3.29. The number of carbonyl (C=O) groups is 3. The zero-order chi connectivity index (χ0) is 18.1. The number of anilines is 1. The van der Waals surface area contributed by atoms with Gasteiger partial charge in [-0.25, -0.2) is 9.69 Å². The van der Waals surface area contributed by atoms with Crippen LogP contribution in [0.25, 0.3) is 6.08 Å². The van der Waals surface area contributed by atoms with E-state index >= 15 is 0 Å². The molecule has 8 heteroatoms. The number of amides is 4. The van der Waals surface area contributed by atoms with Crippen LogP contribution in [0.4, 0.5) is 10.5 Å². The summed E-state index contributed by atoms with van der Waals surface area (Å²) in [6, 6.07) is 9.94. The number of para-hydroxylation sites is 1. The first-order valence-electron chi connectivity index (χ1n) is 7.03. The second-order valence-electron chi connectivity index (χ2n) is 5.12. The number of hydrogen-bond donors (Lipinski definition) is 2. The molecule has 0 saturated carbocycles. The minimum atomic E-state index is -0.868. The third-order valence-electron chi connectivity index (χ3n) is 3.48. The molecule has 2 aromatic carbocycles. The fourth-order valence-corrected chi connectivity index (χ4v) is 2.91. The van der Waals surface area contributed by atoms with Crippen LogP contribution >= 0.6 is 27.5 Å². The van der Waals surface area contributed by atoms with E-state index in [1.165, 1.54) is 30.3 Å². The van der Waals surface area contributed by atoms with Crippen LogP contribution in [0.15, 0.2) is 52.5 Å². The predicted octanol–water partition coefficient (Wildman–Crippen LogP) is 3.47. The number of nitrogens with zero attached hydrogens (tertiary/aromatic N) is 1. The van der Waals surface area contributed by atoms with Crippen molar-refractivity contribution < 1.29 is 19.5 Å². The van der Waals surface area contributed by atoms with Gasteiger partial charge in [0.2, 0.25) is 0 Å². The molecule has 0 spiro atoms. The molecule has 0 unspecified atom stereocenters. The Kier molecular flexibility index (Phi) is 4.61. The topological polar surface area (TPSA) is 86.7 Å². The highest BCUT2D eigenvalue weighted by Crippen LogP contribution is 2.30. The molecule has 4 amide bonds. The monoisotopic (exact) mass is 420 g/mol. The highest BCUT2D eigenvalue weighted by molar-refractivity contribution is 9.10. The van der Waals surface area contributed by atoms with Gasteiger partial charge in [0.25, 0.3) is 11.8 Å². The zero-order valence-electron chi connectivity index (χ0n) is 12.5. The Morgan fingerprint density at radius 1 is 1.12 bits per heavy atom. The SMILES string of the molecule is O=C1NC(=O)N(c2ccccc2Cl)C(=O)/C1=C/c1ccc(O)c(Br)c1. The minimum absolute atomic E-state index is 0.0226. The standard InChI is InChI=1S/C17H10BrClN2O4/c18-11-8-9(5-6-14(11)22)7-10-15(23)20-17(25)21(16(10)24)13-4-2-1-3-12(13)19/h1-8,22H,(H,20,23,25)/b10-7+. The first kappa shape index (κ1) is 17.2. The lowest BCUT2D eigenvalue weighted by Crippen LogP contribution is -2.54. The van der Waals surface area contributed by atoms with Crippen molar-refractivity contribution in [2.24, 2.45) is 0 Å². The van der Waals surface area contributed by atoms with E-state index in [1.807, 2.05) is 0 Å². The Bertz CT molecular complexity index is 942. The van der Waals surface area contributed by atoms with Crippen LogP contribution in [-0.4, -0.2) is 23.0 Å². The lowest BCUT2D eigenvalue weighted by Gasteiger charge is -2.27. The normalized spacial score (nSPS) is 16.3. The van der Waals surface area contributed by atoms with E-state index in [9.17, 15) is 19.5 Å². The number of benzene rings is 2. The number of phenols is 1. The van der Waals surface area contributed by atoms with E-state index in [4.69, 9.17) is 11.6 Å². The number of aromatic hydroxyl groups is 1. The summed E-state index contributed by atoms with van der Waals surface area (Å²) in [5.74, 6) is -1.57. The molecule has 6 nitrogen and oxygen atoms in total. The number of phenolic OH excluding ortho intramolecular Hbond substituents is 1. The van der Waals surface area contributed by atoms with E-state index < -0.39 is 17.8 Å². The summed E-state index contributed by atoms with van der Waals surface area (Å²) in [7, 11) is 0. The Labute approximate surface area is 155 Å². The average molecular weight is 422 g/mol. The highest BCUT2D eigenvalue weighted by atomic mass is 79.9. The van der Waals surface area contributed by atoms with Crippen molar-refractivity contribution in [3.63, 3.8) is 0 Å². The molecule has 3 rings (SSSR count). The summed E-state index contributed by atoms with van der Waals surface area (Å²) in [5.41, 5.74) is 0.450. The second-order valence-corrected chi connectivity index (χ2v) is 6.38. The number of nitrogens with one attached hydrogen (secondary N) is 1. The fourth-order valence-electron chi connectivity index (χ4n) is 2.29. The van der Waals surface area contributed by atoms with Gasteiger partial charge < -0.3 is 5.11 Å². The zero-order valence-corrected chi connectivity index (χ0v) is 14.8. The first-order chi connectivity index (χ1) is 11.9. The van der Waals surface area contributed by atoms with Gasteiger partial charge in [-0.3, -0.25) is 14.9 Å². The molecule has 1 saturated heterocycles. The van der Waals surface area contributed by atoms with Crippen molar-refractivity contribution in [2.75, 3.05) is 4.90 Å². The number of carbonyl (C=O) groups excluding carboxylic acids is 3. The van der Waals surface area contributed by atoms with Gasteiger partial charge in [0.15, 0.2) is 0 Å². The largest absolute Gasteiger partial charge is 0.507 e. The second kappa shape index (κ2) is 6.70. The maximum Gasteiger partial charge on any atom is 0.335 e. The van der Waals surface area contributed by atoms with Crippen molar-refractivity contribution >= 4 is 57.1 Å². The molecule has 126 valence electrons. The summed E-state index contributed by atoms with van der Waals surface area (Å²) >= 11 is 9.22. The van der Waals surface area contributed by atoms with Gasteiger partial charge in [-0.2, -0.15) is 0 Å². The van der Waals surface area contributed by atoms with E-state index in [0.29, 0.717) is 10.0 Å². The number of hydrogen-bond acceptors (Lipinski definition) is 4. The Morgan fingerprint density at radius 3 is 2.52 bits per heavy atom. The lowest BCUT2D eigenvalue weighted by atomic mass is 10.1. The van der Waals surface area contributed by atoms with Crippen molar-refractivity contribution in [3.05, 3.63) is 63.1 Å². The number of rotatable bonds is 2. The first-order valence-corrected chi connectivity index (χ1v) is 8.20. The summed E-state index contributed by atoms with van der Waals surface area (Å²) < 4.78 is 0.407. The molecular formula is C17H10BrClN2O4. The van der Waals surface area contributed by atoms with Crippen molar-refractivity contribution in [3.8, 4) is 5.75 Å². The molecule has 0 atom stereocenters. The number of barbiturate groups is 1. The molecule has 0 aliphatic carbocycles. The van der Waals surface area contributed by atoms with Crippen molar-refractivity contribution in [1.29, 1.82) is 0 Å². The van der Waals surface area contributed by atoms with E-state index in [0.717, 1.165) is 4.90 Å². The summed E-state index contributed by atoms with van der Waals surface area (Å²) in [6.07, 6.45) is 1.33. The molecular weight excluding hydrogens is 412 g/mol. The van der Waals surface area contributed by atoms with Crippen LogP contribution in [0.3, 0.4) is 0 Å². The van der Waals surface area contributed by atoms with Gasteiger partial charge in [-0.15, -0.1) is 0 Å². The fraction of sp³-hybridized carbons (Fsp3) is 0. The lowest BCUT2D eigenvalue weighted by molar-refractivity contribution is -0.122. The van der Waals surface area contributed by atoms with Crippen LogP contribution < -0.4 is 10.2 Å². The maximum atomic E-state index is 12.7. The maximum absolute atomic E-state index is 12.7. The molecule has 0 radical (unpaired) electrons. The smallest absolute Gasteiger partial charge is 0.335 e. The van der Waals surface area contributed by atoms with Gasteiger partial charge >= 0.3 is 6.03 Å². The van der Waals surface area contributed by atoms with Crippen LogP contribution in [0, 0.1) is 0 Å². The minimum Gasteiger partial charge on any atom is -0.507 e.